The molecule has 0 bridgehead atoms. The predicted molar refractivity (Wildman–Crippen MR) is 104 cm³/mol. The van der Waals surface area contributed by atoms with Gasteiger partial charge in [-0.1, -0.05) is 23.2 Å². The van der Waals surface area contributed by atoms with E-state index in [9.17, 15) is 23.3 Å². The molecule has 1 amide bonds. The Morgan fingerprint density at radius 2 is 1.61 bits per heavy atom. The second-order valence-electron chi connectivity index (χ2n) is 6.07. The topological polar surface area (TPSA) is 101 Å². The number of nitrogens with zero attached hydrogens (tertiary/aromatic N) is 3. The molecule has 0 atom stereocenters. The lowest BCUT2D eigenvalue weighted by Gasteiger charge is -2.34. The third kappa shape index (κ3) is 4.12. The Morgan fingerprint density at radius 1 is 1.00 bits per heavy atom. The summed E-state index contributed by atoms with van der Waals surface area (Å²) in [5.41, 5.74) is 0.0774. The van der Waals surface area contributed by atoms with E-state index in [-0.39, 0.29) is 53.3 Å². The molecule has 1 saturated heterocycles. The molecule has 1 aliphatic heterocycles. The Kier molecular flexibility index (Phi) is 5.90. The van der Waals surface area contributed by atoms with Crippen LogP contribution in [-0.2, 0) is 10.0 Å². The first-order valence-electron chi connectivity index (χ1n) is 8.19. The van der Waals surface area contributed by atoms with Crippen molar-refractivity contribution in [2.24, 2.45) is 0 Å². The number of carbonyl (C=O) groups is 1. The Labute approximate surface area is 171 Å². The van der Waals surface area contributed by atoms with E-state index in [1.165, 1.54) is 33.5 Å². The lowest BCUT2D eigenvalue weighted by atomic mass is 10.2. The van der Waals surface area contributed by atoms with Gasteiger partial charge in [-0.2, -0.15) is 4.31 Å². The van der Waals surface area contributed by atoms with E-state index in [2.05, 4.69) is 0 Å². The first-order valence-corrected chi connectivity index (χ1v) is 10.4. The Balaban J connectivity index is 1.71. The third-order valence-electron chi connectivity index (χ3n) is 4.37. The average molecular weight is 444 g/mol. The standard InChI is InChI=1S/C17H15Cl2N3O5S/c18-12-1-6-16(19)15(11-12)17(23)20-7-9-21(10-8-20)28(26,27)14-4-2-13(3-5-14)22(24)25/h1-6,11H,7-10H2. The van der Waals surface area contributed by atoms with Crippen molar-refractivity contribution in [1.82, 2.24) is 9.21 Å². The molecule has 148 valence electrons. The van der Waals surface area contributed by atoms with Gasteiger partial charge in [-0.25, -0.2) is 8.42 Å². The summed E-state index contributed by atoms with van der Waals surface area (Å²) in [6.07, 6.45) is 0. The number of amides is 1. The maximum atomic E-state index is 12.7. The SMILES string of the molecule is O=C(c1cc(Cl)ccc1Cl)N1CCN(S(=O)(=O)c2ccc([N+](=O)[O-])cc2)CC1. The molecular formula is C17H15Cl2N3O5S. The fourth-order valence-corrected chi connectivity index (χ4v) is 4.64. The molecule has 0 unspecified atom stereocenters. The van der Waals surface area contributed by atoms with Gasteiger partial charge in [-0.05, 0) is 30.3 Å². The molecule has 1 aliphatic rings. The number of rotatable bonds is 4. The average Bonchev–Trinajstić information content (AvgIpc) is 2.69. The Hall–Kier alpha value is -2.20. The summed E-state index contributed by atoms with van der Waals surface area (Å²) in [6.45, 7) is 0.578. The number of carbonyl (C=O) groups excluding carboxylic acids is 1. The van der Waals surface area contributed by atoms with E-state index in [4.69, 9.17) is 23.2 Å². The van der Waals surface area contributed by atoms with Crippen LogP contribution in [0.2, 0.25) is 10.0 Å². The van der Waals surface area contributed by atoms with Gasteiger partial charge >= 0.3 is 0 Å². The van der Waals surface area contributed by atoms with Crippen molar-refractivity contribution in [3.8, 4) is 0 Å². The zero-order chi connectivity index (χ0) is 20.5. The molecule has 0 radical (unpaired) electrons. The van der Waals surface area contributed by atoms with Crippen molar-refractivity contribution in [1.29, 1.82) is 0 Å². The molecule has 1 fully saturated rings. The minimum absolute atomic E-state index is 0.0317. The van der Waals surface area contributed by atoms with Crippen LogP contribution in [0.3, 0.4) is 0 Å². The van der Waals surface area contributed by atoms with E-state index in [1.54, 1.807) is 6.07 Å². The molecule has 2 aromatic carbocycles. The zero-order valence-electron chi connectivity index (χ0n) is 14.4. The summed E-state index contributed by atoms with van der Waals surface area (Å²) in [5.74, 6) is -0.320. The Morgan fingerprint density at radius 3 is 2.18 bits per heavy atom. The molecule has 0 saturated carbocycles. The van der Waals surface area contributed by atoms with Gasteiger partial charge in [0.1, 0.15) is 0 Å². The summed E-state index contributed by atoms with van der Waals surface area (Å²) in [6, 6.07) is 9.29. The van der Waals surface area contributed by atoms with Crippen LogP contribution >= 0.6 is 23.2 Å². The van der Waals surface area contributed by atoms with Crippen LogP contribution in [0.1, 0.15) is 10.4 Å². The van der Waals surface area contributed by atoms with Gasteiger partial charge in [0, 0.05) is 43.3 Å². The second-order valence-corrected chi connectivity index (χ2v) is 8.85. The lowest BCUT2D eigenvalue weighted by Crippen LogP contribution is -2.50. The molecular weight excluding hydrogens is 429 g/mol. The number of hydrogen-bond donors (Lipinski definition) is 0. The van der Waals surface area contributed by atoms with Crippen molar-refractivity contribution in [2.75, 3.05) is 26.2 Å². The number of nitro groups is 1. The molecule has 2 aromatic rings. The highest BCUT2D eigenvalue weighted by molar-refractivity contribution is 7.89. The molecule has 11 heteroatoms. The fraction of sp³-hybridized carbons (Fsp3) is 0.235. The fourth-order valence-electron chi connectivity index (χ4n) is 2.85. The maximum Gasteiger partial charge on any atom is 0.269 e. The van der Waals surface area contributed by atoms with E-state index in [0.717, 1.165) is 12.1 Å². The van der Waals surface area contributed by atoms with Gasteiger partial charge in [0.2, 0.25) is 10.0 Å². The van der Waals surface area contributed by atoms with Crippen LogP contribution in [-0.4, -0.2) is 54.6 Å². The number of piperazine rings is 1. The van der Waals surface area contributed by atoms with Crippen LogP contribution in [0.25, 0.3) is 0 Å². The van der Waals surface area contributed by atoms with Crippen molar-refractivity contribution < 1.29 is 18.1 Å². The number of nitro benzene ring substituents is 1. The highest BCUT2D eigenvalue weighted by atomic mass is 35.5. The maximum absolute atomic E-state index is 12.7. The molecule has 8 nitrogen and oxygen atoms in total. The van der Waals surface area contributed by atoms with Crippen molar-refractivity contribution in [2.45, 2.75) is 4.90 Å². The first kappa shape index (κ1) is 20.5. The van der Waals surface area contributed by atoms with Crippen molar-refractivity contribution in [3.05, 3.63) is 68.2 Å². The summed E-state index contributed by atoms with van der Waals surface area (Å²) in [5, 5.41) is 11.4. The predicted octanol–water partition coefficient (Wildman–Crippen LogP) is 3.05. The number of benzene rings is 2. The van der Waals surface area contributed by atoms with Crippen LogP contribution in [0.5, 0.6) is 0 Å². The number of halogens is 2. The Bertz CT molecular complexity index is 1020. The second kappa shape index (κ2) is 8.04. The number of sulfonamides is 1. The normalized spacial score (nSPS) is 15.4. The number of hydrogen-bond acceptors (Lipinski definition) is 5. The monoisotopic (exact) mass is 443 g/mol. The van der Waals surface area contributed by atoms with Crippen LogP contribution in [0.4, 0.5) is 5.69 Å². The van der Waals surface area contributed by atoms with Gasteiger partial charge in [-0.3, -0.25) is 14.9 Å². The van der Waals surface area contributed by atoms with Gasteiger partial charge in [-0.15, -0.1) is 0 Å². The van der Waals surface area contributed by atoms with Gasteiger partial charge in [0.15, 0.2) is 0 Å². The van der Waals surface area contributed by atoms with Crippen molar-refractivity contribution in [3.63, 3.8) is 0 Å². The number of non-ortho nitro benzene ring substituents is 1. The van der Waals surface area contributed by atoms with Crippen molar-refractivity contribution >= 4 is 44.8 Å². The molecule has 0 aliphatic carbocycles. The largest absolute Gasteiger partial charge is 0.336 e. The molecule has 3 rings (SSSR count). The lowest BCUT2D eigenvalue weighted by molar-refractivity contribution is -0.384. The summed E-state index contributed by atoms with van der Waals surface area (Å²) in [4.78, 5) is 24.3. The van der Waals surface area contributed by atoms with Crippen LogP contribution in [0, 0.1) is 10.1 Å². The quantitative estimate of drug-likeness (QED) is 0.533. The summed E-state index contributed by atoms with van der Waals surface area (Å²) in [7, 11) is -3.81. The van der Waals surface area contributed by atoms with E-state index >= 15 is 0 Å². The molecule has 1 heterocycles. The summed E-state index contributed by atoms with van der Waals surface area (Å²) >= 11 is 12.0. The third-order valence-corrected chi connectivity index (χ3v) is 6.85. The van der Waals surface area contributed by atoms with Gasteiger partial charge in [0.25, 0.3) is 11.6 Å². The zero-order valence-corrected chi connectivity index (χ0v) is 16.7. The van der Waals surface area contributed by atoms with Crippen LogP contribution < -0.4 is 0 Å². The molecule has 0 spiro atoms. The smallest absolute Gasteiger partial charge is 0.269 e. The minimum Gasteiger partial charge on any atom is -0.336 e. The highest BCUT2D eigenvalue weighted by Gasteiger charge is 2.31. The van der Waals surface area contributed by atoms with E-state index in [0.29, 0.717) is 5.02 Å². The molecule has 28 heavy (non-hydrogen) atoms. The summed E-state index contributed by atoms with van der Waals surface area (Å²) < 4.78 is 26.7. The highest BCUT2D eigenvalue weighted by Crippen LogP contribution is 2.24. The van der Waals surface area contributed by atoms with E-state index in [1.807, 2.05) is 0 Å². The molecule has 0 N–H and O–H groups in total. The van der Waals surface area contributed by atoms with E-state index < -0.39 is 14.9 Å². The molecule has 0 aromatic heterocycles. The minimum atomic E-state index is -3.81. The first-order chi connectivity index (χ1) is 13.2. The van der Waals surface area contributed by atoms with Crippen LogP contribution in [0.15, 0.2) is 47.4 Å². The van der Waals surface area contributed by atoms with Gasteiger partial charge < -0.3 is 4.90 Å². The van der Waals surface area contributed by atoms with Gasteiger partial charge in [0.05, 0.1) is 20.4 Å².